The summed E-state index contributed by atoms with van der Waals surface area (Å²) in [6, 6.07) is 9.11. The van der Waals surface area contributed by atoms with Crippen molar-refractivity contribution in [2.45, 2.75) is 31.9 Å². The second-order valence-electron chi connectivity index (χ2n) is 4.05. The number of halogens is 1. The molecule has 1 aromatic rings. The summed E-state index contributed by atoms with van der Waals surface area (Å²) in [6.07, 6.45) is 2.60. The van der Waals surface area contributed by atoms with Gasteiger partial charge in [-0.1, -0.05) is 0 Å². The summed E-state index contributed by atoms with van der Waals surface area (Å²) in [5.41, 5.74) is 1.22. The largest absolute Gasteiger partial charge is 0.382 e. The van der Waals surface area contributed by atoms with Gasteiger partial charge in [0.1, 0.15) is 0 Å². The summed E-state index contributed by atoms with van der Waals surface area (Å²) in [6.45, 7) is 3.02. The zero-order valence-electron chi connectivity index (χ0n) is 8.87. The first-order valence-corrected chi connectivity index (χ1v) is 6.45. The SMILES string of the molecule is CC1CC(Nc2ccc(I)cc2)CCO1. The highest BCUT2D eigenvalue weighted by Crippen LogP contribution is 2.19. The van der Waals surface area contributed by atoms with E-state index < -0.39 is 0 Å². The van der Waals surface area contributed by atoms with Crippen LogP contribution in [0.4, 0.5) is 5.69 Å². The van der Waals surface area contributed by atoms with Crippen molar-refractivity contribution in [1.82, 2.24) is 0 Å². The van der Waals surface area contributed by atoms with Crippen molar-refractivity contribution in [2.24, 2.45) is 0 Å². The number of anilines is 1. The zero-order chi connectivity index (χ0) is 10.7. The summed E-state index contributed by atoms with van der Waals surface area (Å²) < 4.78 is 6.80. The van der Waals surface area contributed by atoms with Gasteiger partial charge in [-0.3, -0.25) is 0 Å². The monoisotopic (exact) mass is 317 g/mol. The minimum Gasteiger partial charge on any atom is -0.382 e. The lowest BCUT2D eigenvalue weighted by Gasteiger charge is -2.28. The van der Waals surface area contributed by atoms with Crippen LogP contribution in [-0.4, -0.2) is 18.8 Å². The third-order valence-corrected chi connectivity index (χ3v) is 3.42. The molecule has 1 aliphatic heterocycles. The van der Waals surface area contributed by atoms with Crippen molar-refractivity contribution in [2.75, 3.05) is 11.9 Å². The molecule has 1 aliphatic rings. The fourth-order valence-electron chi connectivity index (χ4n) is 1.91. The first kappa shape index (κ1) is 11.2. The van der Waals surface area contributed by atoms with Gasteiger partial charge in [-0.15, -0.1) is 0 Å². The van der Waals surface area contributed by atoms with Gasteiger partial charge in [0.25, 0.3) is 0 Å². The molecule has 0 saturated carbocycles. The molecule has 0 radical (unpaired) electrons. The second-order valence-corrected chi connectivity index (χ2v) is 5.30. The minimum atomic E-state index is 0.389. The van der Waals surface area contributed by atoms with E-state index >= 15 is 0 Å². The van der Waals surface area contributed by atoms with Gasteiger partial charge in [0.05, 0.1) is 6.10 Å². The predicted molar refractivity (Wildman–Crippen MR) is 71.2 cm³/mol. The first-order valence-electron chi connectivity index (χ1n) is 5.38. The summed E-state index contributed by atoms with van der Waals surface area (Å²) in [5.74, 6) is 0. The molecule has 1 aromatic carbocycles. The number of hydrogen-bond acceptors (Lipinski definition) is 2. The third-order valence-electron chi connectivity index (χ3n) is 2.70. The molecule has 0 spiro atoms. The molecule has 0 aromatic heterocycles. The van der Waals surface area contributed by atoms with Crippen molar-refractivity contribution in [3.8, 4) is 0 Å². The molecule has 15 heavy (non-hydrogen) atoms. The van der Waals surface area contributed by atoms with Gasteiger partial charge in [-0.05, 0) is 66.6 Å². The van der Waals surface area contributed by atoms with Crippen molar-refractivity contribution >= 4 is 28.3 Å². The number of ether oxygens (including phenoxy) is 1. The standard InChI is InChI=1S/C12H16INO/c1-9-8-12(6-7-15-9)14-11-4-2-10(13)3-5-11/h2-5,9,12,14H,6-8H2,1H3. The van der Waals surface area contributed by atoms with Gasteiger partial charge in [-0.2, -0.15) is 0 Å². The molecule has 0 bridgehead atoms. The highest BCUT2D eigenvalue weighted by molar-refractivity contribution is 14.1. The smallest absolute Gasteiger partial charge is 0.0566 e. The summed E-state index contributed by atoms with van der Waals surface area (Å²) in [7, 11) is 0. The molecular formula is C12H16INO. The summed E-state index contributed by atoms with van der Waals surface area (Å²) in [4.78, 5) is 0. The Morgan fingerprint density at radius 3 is 2.73 bits per heavy atom. The van der Waals surface area contributed by atoms with Crippen LogP contribution in [0, 0.1) is 3.57 Å². The highest BCUT2D eigenvalue weighted by atomic mass is 127. The van der Waals surface area contributed by atoms with Crippen molar-refractivity contribution in [3.05, 3.63) is 27.8 Å². The molecule has 2 atom stereocenters. The van der Waals surface area contributed by atoms with Gasteiger partial charge in [0, 0.05) is 21.9 Å². The van der Waals surface area contributed by atoms with E-state index in [0.29, 0.717) is 12.1 Å². The summed E-state index contributed by atoms with van der Waals surface area (Å²) >= 11 is 2.32. The van der Waals surface area contributed by atoms with E-state index in [1.807, 2.05) is 0 Å². The maximum absolute atomic E-state index is 5.52. The van der Waals surface area contributed by atoms with E-state index in [9.17, 15) is 0 Å². The van der Waals surface area contributed by atoms with Crippen LogP contribution in [0.25, 0.3) is 0 Å². The van der Waals surface area contributed by atoms with Crippen LogP contribution in [-0.2, 0) is 4.74 Å². The van der Waals surface area contributed by atoms with Crippen LogP contribution in [0.3, 0.4) is 0 Å². The lowest BCUT2D eigenvalue weighted by molar-refractivity contribution is 0.0232. The Bertz CT molecular complexity index is 312. The van der Waals surface area contributed by atoms with Crippen LogP contribution < -0.4 is 5.32 Å². The van der Waals surface area contributed by atoms with Crippen molar-refractivity contribution in [3.63, 3.8) is 0 Å². The minimum absolute atomic E-state index is 0.389. The normalized spacial score (nSPS) is 26.3. The number of nitrogens with one attached hydrogen (secondary N) is 1. The fourth-order valence-corrected chi connectivity index (χ4v) is 2.27. The zero-order valence-corrected chi connectivity index (χ0v) is 11.0. The van der Waals surface area contributed by atoms with Gasteiger partial charge < -0.3 is 10.1 Å². The topological polar surface area (TPSA) is 21.3 Å². The molecule has 0 aliphatic carbocycles. The van der Waals surface area contributed by atoms with E-state index in [4.69, 9.17) is 4.74 Å². The third kappa shape index (κ3) is 3.34. The molecule has 1 N–H and O–H groups in total. The maximum Gasteiger partial charge on any atom is 0.0566 e. The van der Waals surface area contributed by atoms with Crippen LogP contribution in [0.5, 0.6) is 0 Å². The Balaban J connectivity index is 1.93. The van der Waals surface area contributed by atoms with Gasteiger partial charge in [-0.25, -0.2) is 0 Å². The van der Waals surface area contributed by atoms with Crippen molar-refractivity contribution in [1.29, 1.82) is 0 Å². The number of benzene rings is 1. The Morgan fingerprint density at radius 2 is 2.07 bits per heavy atom. The average Bonchev–Trinajstić information content (AvgIpc) is 2.22. The molecule has 82 valence electrons. The molecule has 1 heterocycles. The lowest BCUT2D eigenvalue weighted by Crippen LogP contribution is -2.32. The van der Waals surface area contributed by atoms with E-state index in [1.54, 1.807) is 0 Å². The van der Waals surface area contributed by atoms with E-state index in [0.717, 1.165) is 19.4 Å². The Hall–Kier alpha value is -0.290. The average molecular weight is 317 g/mol. The van der Waals surface area contributed by atoms with E-state index in [-0.39, 0.29) is 0 Å². The Kier molecular flexibility index (Phi) is 3.86. The predicted octanol–water partition coefficient (Wildman–Crippen LogP) is 3.27. The Labute approximate surface area is 105 Å². The van der Waals surface area contributed by atoms with Gasteiger partial charge in [0.15, 0.2) is 0 Å². The molecule has 0 amide bonds. The number of rotatable bonds is 2. The van der Waals surface area contributed by atoms with Gasteiger partial charge >= 0.3 is 0 Å². The van der Waals surface area contributed by atoms with Crippen LogP contribution in [0.1, 0.15) is 19.8 Å². The quantitative estimate of drug-likeness (QED) is 0.846. The first-order chi connectivity index (χ1) is 7.24. The number of hydrogen-bond donors (Lipinski definition) is 1. The maximum atomic E-state index is 5.52. The van der Waals surface area contributed by atoms with Gasteiger partial charge in [0.2, 0.25) is 0 Å². The van der Waals surface area contributed by atoms with E-state index in [2.05, 4.69) is 59.1 Å². The molecule has 2 nitrogen and oxygen atoms in total. The summed E-state index contributed by atoms with van der Waals surface area (Å²) in [5, 5.41) is 3.56. The molecule has 2 rings (SSSR count). The molecular weight excluding hydrogens is 301 g/mol. The van der Waals surface area contributed by atoms with E-state index in [1.165, 1.54) is 9.26 Å². The van der Waals surface area contributed by atoms with Crippen LogP contribution in [0.15, 0.2) is 24.3 Å². The molecule has 1 fully saturated rings. The molecule has 1 saturated heterocycles. The lowest BCUT2D eigenvalue weighted by atomic mass is 10.0. The Morgan fingerprint density at radius 1 is 1.33 bits per heavy atom. The fraction of sp³-hybridized carbons (Fsp3) is 0.500. The molecule has 2 unspecified atom stereocenters. The van der Waals surface area contributed by atoms with Crippen LogP contribution in [0.2, 0.25) is 0 Å². The highest BCUT2D eigenvalue weighted by Gasteiger charge is 2.18. The molecule has 3 heteroatoms. The second kappa shape index (κ2) is 5.16. The van der Waals surface area contributed by atoms with Crippen LogP contribution >= 0.6 is 22.6 Å². The van der Waals surface area contributed by atoms with Crippen molar-refractivity contribution < 1.29 is 4.74 Å².